The van der Waals surface area contributed by atoms with Crippen molar-refractivity contribution in [2.75, 3.05) is 11.4 Å². The molecule has 2 amide bonds. The van der Waals surface area contributed by atoms with Gasteiger partial charge in [0.15, 0.2) is 0 Å². The molecule has 0 aliphatic carbocycles. The van der Waals surface area contributed by atoms with Crippen molar-refractivity contribution in [3.05, 3.63) is 62.4 Å². The lowest BCUT2D eigenvalue weighted by Gasteiger charge is -2.30. The van der Waals surface area contributed by atoms with Crippen LogP contribution in [0, 0.1) is 0 Å². The largest absolute Gasteiger partial charge is 0.366 e. The minimum Gasteiger partial charge on any atom is -0.366 e. The first-order valence-electron chi connectivity index (χ1n) is 7.88. The molecule has 2 heterocycles. The van der Waals surface area contributed by atoms with Crippen LogP contribution in [-0.2, 0) is 24.8 Å². The Bertz CT molecular complexity index is 973. The van der Waals surface area contributed by atoms with Crippen molar-refractivity contribution in [3.63, 3.8) is 0 Å². The second-order valence-corrected chi connectivity index (χ2v) is 5.94. The number of carbonyl (C=O) groups is 2. The highest BCUT2D eigenvalue weighted by Gasteiger charge is 2.25. The molecule has 0 fully saturated rings. The first-order valence-corrected chi connectivity index (χ1v) is 7.88. The molecular formula is C17H18N4O4. The molecule has 0 radical (unpaired) electrons. The maximum atomic E-state index is 12.7. The molecule has 0 atom stereocenters. The number of benzene rings is 1. The maximum absolute atomic E-state index is 12.7. The van der Waals surface area contributed by atoms with Crippen LogP contribution in [0.4, 0.5) is 5.69 Å². The molecular weight excluding hydrogens is 324 g/mol. The summed E-state index contributed by atoms with van der Waals surface area (Å²) >= 11 is 0. The molecule has 0 saturated heterocycles. The molecule has 130 valence electrons. The van der Waals surface area contributed by atoms with E-state index in [2.05, 4.69) is 0 Å². The lowest BCUT2D eigenvalue weighted by molar-refractivity contribution is -0.119. The smallest absolute Gasteiger partial charge is 0.331 e. The predicted octanol–water partition coefficient (Wildman–Crippen LogP) is -0.375. The van der Waals surface area contributed by atoms with E-state index in [4.69, 9.17) is 5.73 Å². The Morgan fingerprint density at radius 3 is 2.68 bits per heavy atom. The lowest BCUT2D eigenvalue weighted by Crippen LogP contribution is -2.43. The molecule has 2 aromatic rings. The summed E-state index contributed by atoms with van der Waals surface area (Å²) in [6.07, 6.45) is 2.68. The van der Waals surface area contributed by atoms with E-state index in [0.29, 0.717) is 30.6 Å². The minimum absolute atomic E-state index is 0.187. The number of carbonyl (C=O) groups excluding carboxylic acids is 2. The van der Waals surface area contributed by atoms with Crippen LogP contribution < -0.4 is 21.9 Å². The summed E-state index contributed by atoms with van der Waals surface area (Å²) < 4.78 is 2.14. The van der Waals surface area contributed by atoms with Crippen LogP contribution in [-0.4, -0.2) is 27.5 Å². The fourth-order valence-electron chi connectivity index (χ4n) is 3.08. The van der Waals surface area contributed by atoms with Gasteiger partial charge in [0.05, 0.1) is 0 Å². The van der Waals surface area contributed by atoms with Crippen LogP contribution in [0.5, 0.6) is 0 Å². The Morgan fingerprint density at radius 2 is 1.96 bits per heavy atom. The number of aromatic nitrogens is 2. The monoisotopic (exact) mass is 342 g/mol. The van der Waals surface area contributed by atoms with Crippen LogP contribution >= 0.6 is 0 Å². The average Bonchev–Trinajstić information content (AvgIpc) is 2.61. The summed E-state index contributed by atoms with van der Waals surface area (Å²) in [5, 5.41) is 0. The normalized spacial score (nSPS) is 13.4. The molecule has 0 spiro atoms. The number of hydrogen-bond donors (Lipinski definition) is 1. The summed E-state index contributed by atoms with van der Waals surface area (Å²) in [6, 6.07) is 6.34. The van der Waals surface area contributed by atoms with Gasteiger partial charge in [0, 0.05) is 37.1 Å². The number of nitrogens with zero attached hydrogens (tertiary/aromatic N) is 3. The zero-order valence-corrected chi connectivity index (χ0v) is 13.8. The van der Waals surface area contributed by atoms with Crippen molar-refractivity contribution < 1.29 is 9.59 Å². The zero-order valence-electron chi connectivity index (χ0n) is 13.8. The SMILES string of the molecule is Cn1c(=O)ccn(CC(=O)N2CCCc3c(C(N)=O)cccc32)c1=O. The number of hydrogen-bond acceptors (Lipinski definition) is 4. The highest BCUT2D eigenvalue weighted by Crippen LogP contribution is 2.30. The first-order chi connectivity index (χ1) is 11.9. The van der Waals surface area contributed by atoms with Gasteiger partial charge < -0.3 is 10.6 Å². The summed E-state index contributed by atoms with van der Waals surface area (Å²) in [5.41, 5.74) is 6.24. The highest BCUT2D eigenvalue weighted by atomic mass is 16.2. The molecule has 0 saturated carbocycles. The number of primary amides is 1. The van der Waals surface area contributed by atoms with E-state index in [1.54, 1.807) is 23.1 Å². The van der Waals surface area contributed by atoms with E-state index in [-0.39, 0.29) is 12.5 Å². The Hall–Kier alpha value is -3.16. The Morgan fingerprint density at radius 1 is 1.20 bits per heavy atom. The molecule has 0 bridgehead atoms. The van der Waals surface area contributed by atoms with Crippen molar-refractivity contribution in [2.45, 2.75) is 19.4 Å². The van der Waals surface area contributed by atoms with E-state index in [1.807, 2.05) is 0 Å². The summed E-state index contributed by atoms with van der Waals surface area (Å²) in [5.74, 6) is -0.816. The number of amides is 2. The third-order valence-corrected chi connectivity index (χ3v) is 4.38. The lowest BCUT2D eigenvalue weighted by atomic mass is 9.96. The van der Waals surface area contributed by atoms with Gasteiger partial charge in [-0.2, -0.15) is 0 Å². The fraction of sp³-hybridized carbons (Fsp3) is 0.294. The minimum atomic E-state index is -0.552. The van der Waals surface area contributed by atoms with E-state index in [1.165, 1.54) is 23.9 Å². The van der Waals surface area contributed by atoms with Gasteiger partial charge in [0.25, 0.3) is 5.56 Å². The number of rotatable bonds is 3. The molecule has 2 N–H and O–H groups in total. The molecule has 1 aromatic carbocycles. The number of fused-ring (bicyclic) bond motifs is 1. The Labute approximate surface area is 143 Å². The van der Waals surface area contributed by atoms with Gasteiger partial charge in [-0.15, -0.1) is 0 Å². The first kappa shape index (κ1) is 16.7. The van der Waals surface area contributed by atoms with Crippen LogP contribution in [0.2, 0.25) is 0 Å². The highest BCUT2D eigenvalue weighted by molar-refractivity contribution is 6.00. The van der Waals surface area contributed by atoms with Gasteiger partial charge in [0.1, 0.15) is 6.54 Å². The maximum Gasteiger partial charge on any atom is 0.331 e. The number of nitrogens with two attached hydrogens (primary N) is 1. The Kier molecular flexibility index (Phi) is 4.26. The molecule has 1 aliphatic rings. The van der Waals surface area contributed by atoms with Gasteiger partial charge in [-0.25, -0.2) is 4.79 Å². The molecule has 1 aliphatic heterocycles. The Balaban J connectivity index is 1.95. The summed E-state index contributed by atoms with van der Waals surface area (Å²) in [7, 11) is 1.36. The summed E-state index contributed by atoms with van der Waals surface area (Å²) in [4.78, 5) is 49.4. The van der Waals surface area contributed by atoms with Crippen molar-refractivity contribution in [1.82, 2.24) is 9.13 Å². The van der Waals surface area contributed by atoms with Crippen LogP contribution in [0.1, 0.15) is 22.3 Å². The van der Waals surface area contributed by atoms with Crippen molar-refractivity contribution >= 4 is 17.5 Å². The number of anilines is 1. The van der Waals surface area contributed by atoms with E-state index >= 15 is 0 Å². The second-order valence-electron chi connectivity index (χ2n) is 5.94. The fourth-order valence-corrected chi connectivity index (χ4v) is 3.08. The van der Waals surface area contributed by atoms with Gasteiger partial charge >= 0.3 is 5.69 Å². The quantitative estimate of drug-likeness (QED) is 0.821. The van der Waals surface area contributed by atoms with Gasteiger partial charge in [-0.3, -0.25) is 23.5 Å². The van der Waals surface area contributed by atoms with E-state index in [0.717, 1.165) is 10.1 Å². The van der Waals surface area contributed by atoms with Gasteiger partial charge in [-0.1, -0.05) is 6.07 Å². The molecule has 8 heteroatoms. The molecule has 0 unspecified atom stereocenters. The van der Waals surface area contributed by atoms with Gasteiger partial charge in [-0.05, 0) is 30.5 Å². The third kappa shape index (κ3) is 2.98. The van der Waals surface area contributed by atoms with E-state index < -0.39 is 17.2 Å². The van der Waals surface area contributed by atoms with Crippen LogP contribution in [0.15, 0.2) is 40.1 Å². The van der Waals surface area contributed by atoms with Crippen LogP contribution in [0.25, 0.3) is 0 Å². The molecule has 8 nitrogen and oxygen atoms in total. The standard InChI is InChI=1S/C17H18N4O4/c1-19-14(22)7-9-20(17(19)25)10-15(23)21-8-3-5-11-12(16(18)24)4-2-6-13(11)21/h2,4,6-7,9H,3,5,8,10H2,1H3,(H2,18,24). The average molecular weight is 342 g/mol. The predicted molar refractivity (Wildman–Crippen MR) is 91.6 cm³/mol. The second kappa shape index (κ2) is 6.39. The van der Waals surface area contributed by atoms with E-state index in [9.17, 15) is 19.2 Å². The van der Waals surface area contributed by atoms with Crippen LogP contribution in [0.3, 0.4) is 0 Å². The van der Waals surface area contributed by atoms with Crippen molar-refractivity contribution in [1.29, 1.82) is 0 Å². The third-order valence-electron chi connectivity index (χ3n) is 4.38. The molecule has 25 heavy (non-hydrogen) atoms. The molecule has 3 rings (SSSR count). The summed E-state index contributed by atoms with van der Waals surface area (Å²) in [6.45, 7) is 0.307. The topological polar surface area (TPSA) is 107 Å². The van der Waals surface area contributed by atoms with Crippen molar-refractivity contribution in [2.24, 2.45) is 12.8 Å². The van der Waals surface area contributed by atoms with Gasteiger partial charge in [0.2, 0.25) is 11.8 Å². The zero-order chi connectivity index (χ0) is 18.1. The van der Waals surface area contributed by atoms with Crippen molar-refractivity contribution in [3.8, 4) is 0 Å². The molecule has 1 aromatic heterocycles.